The second-order valence-electron chi connectivity index (χ2n) is 12.4. The molecule has 4 aromatic rings. The third-order valence-electron chi connectivity index (χ3n) is 8.82. The Morgan fingerprint density at radius 3 is 1.33 bits per heavy atom. The Labute approximate surface area is 312 Å². The van der Waals surface area contributed by atoms with Gasteiger partial charge in [-0.3, -0.25) is 14.6 Å². The number of nitrogens with zero attached hydrogens (tertiary/aromatic N) is 4. The van der Waals surface area contributed by atoms with Gasteiger partial charge in [0, 0.05) is 43.1 Å². The number of urea groups is 2. The summed E-state index contributed by atoms with van der Waals surface area (Å²) in [6.45, 7) is 4.60. The number of Topliss-reactive ketones (excluding diaryl/α,β-unsaturated/α-hetero) is 1. The van der Waals surface area contributed by atoms with Crippen LogP contribution in [0.15, 0.2) is 97.1 Å². The molecule has 0 bridgehead atoms. The Hall–Kier alpha value is -5.70. The largest absolute Gasteiger partial charge is 0.465 e. The van der Waals surface area contributed by atoms with Crippen LogP contribution in [0.5, 0.6) is 0 Å². The zero-order valence-corrected chi connectivity index (χ0v) is 30.0. The Bertz CT molecular complexity index is 1710. The molecule has 2 aliphatic rings. The molecule has 4 aromatic carbocycles. The van der Waals surface area contributed by atoms with Gasteiger partial charge in [0.25, 0.3) is 0 Å². The molecule has 2 aliphatic heterocycles. The molecule has 2 heterocycles. The number of halogens is 2. The Balaban J connectivity index is 0.000000208. The minimum absolute atomic E-state index is 0.0451. The lowest BCUT2D eigenvalue weighted by molar-refractivity contribution is 0.0548. The van der Waals surface area contributed by atoms with E-state index in [1.54, 1.807) is 92.4 Å². The Kier molecular flexibility index (Phi) is 14.2. The highest BCUT2D eigenvalue weighted by Crippen LogP contribution is 2.23. The molecule has 14 heteroatoms. The molecular formula is C40H43F2N5O7. The Morgan fingerprint density at radius 1 is 0.611 bits per heavy atom. The second-order valence-corrected chi connectivity index (χ2v) is 12.4. The van der Waals surface area contributed by atoms with Gasteiger partial charge in [0.2, 0.25) is 0 Å². The number of ketones is 1. The molecule has 2 saturated heterocycles. The van der Waals surface area contributed by atoms with Gasteiger partial charge in [-0.05, 0) is 71.8 Å². The van der Waals surface area contributed by atoms with E-state index in [2.05, 4.69) is 0 Å². The summed E-state index contributed by atoms with van der Waals surface area (Å²) < 4.78 is 41.9. The second kappa shape index (κ2) is 19.4. The maximum absolute atomic E-state index is 13.3. The summed E-state index contributed by atoms with van der Waals surface area (Å²) >= 11 is 0. The standard InChI is InChI=1S/C20H22FN3O3.C20H21FN2O4/c21-17-5-7-18(8-6-17)24(20(26)23-9-11-27-12-10-23)14-15-1-3-16(4-2-15)19(25)13-22;1-26-19(24)16-4-2-15(3-5-16)14-23(18-8-6-17(21)7-9-18)20(25)22-10-12-27-13-11-22/h1-8H,9-14,22H2;2-9H,10-14H2,1H3. The van der Waals surface area contributed by atoms with Crippen LogP contribution in [0, 0.1) is 11.6 Å². The molecule has 0 aliphatic carbocycles. The normalized spacial score (nSPS) is 14.0. The molecule has 0 unspecified atom stereocenters. The predicted octanol–water partition coefficient (Wildman–Crippen LogP) is 5.50. The van der Waals surface area contributed by atoms with Crippen molar-refractivity contribution in [2.75, 3.05) is 76.1 Å². The van der Waals surface area contributed by atoms with Gasteiger partial charge < -0.3 is 29.7 Å². The van der Waals surface area contributed by atoms with Gasteiger partial charge in [-0.25, -0.2) is 23.2 Å². The molecular weight excluding hydrogens is 700 g/mol. The number of carbonyl (C=O) groups excluding carboxylic acids is 4. The summed E-state index contributed by atoms with van der Waals surface area (Å²) in [4.78, 5) is 56.0. The molecule has 0 aromatic heterocycles. The first-order valence-corrected chi connectivity index (χ1v) is 17.5. The van der Waals surface area contributed by atoms with Crippen LogP contribution in [0.25, 0.3) is 0 Å². The number of carbonyl (C=O) groups is 4. The molecule has 12 nitrogen and oxygen atoms in total. The van der Waals surface area contributed by atoms with Crippen molar-refractivity contribution < 1.29 is 42.2 Å². The molecule has 284 valence electrons. The minimum Gasteiger partial charge on any atom is -0.465 e. The lowest BCUT2D eigenvalue weighted by Gasteiger charge is -2.33. The highest BCUT2D eigenvalue weighted by molar-refractivity contribution is 5.97. The van der Waals surface area contributed by atoms with E-state index < -0.39 is 5.97 Å². The number of nitrogens with two attached hydrogens (primary N) is 1. The first-order valence-electron chi connectivity index (χ1n) is 17.5. The molecule has 0 atom stereocenters. The smallest absolute Gasteiger partial charge is 0.337 e. The summed E-state index contributed by atoms with van der Waals surface area (Å²) in [6, 6.07) is 25.2. The van der Waals surface area contributed by atoms with Crippen molar-refractivity contribution in [2.45, 2.75) is 13.1 Å². The fourth-order valence-electron chi connectivity index (χ4n) is 5.77. The van der Waals surface area contributed by atoms with Crippen molar-refractivity contribution in [1.82, 2.24) is 9.80 Å². The topological polar surface area (TPSA) is 135 Å². The number of ether oxygens (including phenoxy) is 3. The molecule has 0 saturated carbocycles. The third kappa shape index (κ3) is 10.7. The van der Waals surface area contributed by atoms with Gasteiger partial charge in [-0.15, -0.1) is 0 Å². The number of hydrogen-bond donors (Lipinski definition) is 1. The van der Waals surface area contributed by atoms with Crippen LogP contribution in [0.2, 0.25) is 0 Å². The van der Waals surface area contributed by atoms with Crippen molar-refractivity contribution in [3.8, 4) is 0 Å². The maximum atomic E-state index is 13.3. The van der Waals surface area contributed by atoms with Crippen LogP contribution in [0.4, 0.5) is 29.7 Å². The predicted molar refractivity (Wildman–Crippen MR) is 198 cm³/mol. The van der Waals surface area contributed by atoms with E-state index in [9.17, 15) is 28.0 Å². The molecule has 2 N–H and O–H groups in total. The summed E-state index contributed by atoms with van der Waals surface area (Å²) in [5.41, 5.74) is 9.27. The molecule has 0 spiro atoms. The van der Waals surface area contributed by atoms with Crippen LogP contribution < -0.4 is 15.5 Å². The number of rotatable bonds is 9. The van der Waals surface area contributed by atoms with Crippen molar-refractivity contribution in [3.63, 3.8) is 0 Å². The van der Waals surface area contributed by atoms with Crippen molar-refractivity contribution in [1.29, 1.82) is 0 Å². The molecule has 54 heavy (non-hydrogen) atoms. The zero-order chi connectivity index (χ0) is 38.5. The first-order chi connectivity index (χ1) is 26.2. The van der Waals surface area contributed by atoms with Crippen LogP contribution in [-0.4, -0.2) is 99.9 Å². The van der Waals surface area contributed by atoms with Gasteiger partial charge >= 0.3 is 18.0 Å². The summed E-state index contributed by atoms with van der Waals surface area (Å²) in [5.74, 6) is -1.27. The van der Waals surface area contributed by atoms with Gasteiger partial charge in [0.05, 0.1) is 58.7 Å². The molecule has 6 rings (SSSR count). The fourth-order valence-corrected chi connectivity index (χ4v) is 5.77. The number of benzene rings is 4. The van der Waals surface area contributed by atoms with Crippen LogP contribution in [0.3, 0.4) is 0 Å². The van der Waals surface area contributed by atoms with E-state index in [-0.39, 0.29) is 36.0 Å². The molecule has 2 fully saturated rings. The van der Waals surface area contributed by atoms with Gasteiger partial charge in [0.1, 0.15) is 11.6 Å². The lowest BCUT2D eigenvalue weighted by atomic mass is 10.1. The van der Waals surface area contributed by atoms with Crippen LogP contribution >= 0.6 is 0 Å². The lowest BCUT2D eigenvalue weighted by Crippen LogP contribution is -2.48. The Morgan fingerprint density at radius 2 is 0.981 bits per heavy atom. The van der Waals surface area contributed by atoms with Crippen LogP contribution in [0.1, 0.15) is 31.8 Å². The maximum Gasteiger partial charge on any atom is 0.337 e. The SMILES string of the molecule is COC(=O)c1ccc(CN(C(=O)N2CCOCC2)c2ccc(F)cc2)cc1.NCC(=O)c1ccc(CN(C(=O)N2CCOCC2)c2ccc(F)cc2)cc1. The van der Waals surface area contributed by atoms with E-state index in [1.807, 2.05) is 0 Å². The highest BCUT2D eigenvalue weighted by atomic mass is 19.1. The van der Waals surface area contributed by atoms with Crippen molar-refractivity contribution in [2.24, 2.45) is 5.73 Å². The van der Waals surface area contributed by atoms with Gasteiger partial charge in [-0.1, -0.05) is 36.4 Å². The summed E-state index contributed by atoms with van der Waals surface area (Å²) in [7, 11) is 1.33. The average Bonchev–Trinajstić information content (AvgIpc) is 3.23. The van der Waals surface area contributed by atoms with Gasteiger partial charge in [0.15, 0.2) is 5.78 Å². The third-order valence-corrected chi connectivity index (χ3v) is 8.82. The number of anilines is 2. The number of esters is 1. The first kappa shape index (κ1) is 39.5. The highest BCUT2D eigenvalue weighted by Gasteiger charge is 2.26. The van der Waals surface area contributed by atoms with E-state index in [0.29, 0.717) is 88.2 Å². The summed E-state index contributed by atoms with van der Waals surface area (Å²) in [5, 5.41) is 0. The van der Waals surface area contributed by atoms with Crippen molar-refractivity contribution in [3.05, 3.63) is 131 Å². The van der Waals surface area contributed by atoms with Crippen molar-refractivity contribution >= 4 is 35.2 Å². The van der Waals surface area contributed by atoms with E-state index in [0.717, 1.165) is 11.1 Å². The molecule has 4 amide bonds. The summed E-state index contributed by atoms with van der Waals surface area (Å²) in [6.07, 6.45) is 0. The van der Waals surface area contributed by atoms with E-state index in [1.165, 1.54) is 31.4 Å². The van der Waals surface area contributed by atoms with E-state index in [4.69, 9.17) is 19.9 Å². The minimum atomic E-state index is -0.415. The number of methoxy groups -OCH3 is 1. The number of amides is 4. The quantitative estimate of drug-likeness (QED) is 0.176. The number of morpholine rings is 2. The zero-order valence-electron chi connectivity index (χ0n) is 30.0. The molecule has 0 radical (unpaired) electrons. The van der Waals surface area contributed by atoms with Gasteiger partial charge in [-0.2, -0.15) is 0 Å². The fraction of sp³-hybridized carbons (Fsp3) is 0.300. The average molecular weight is 744 g/mol. The van der Waals surface area contributed by atoms with Crippen LogP contribution in [-0.2, 0) is 27.3 Å². The van der Waals surface area contributed by atoms with E-state index >= 15 is 0 Å². The monoisotopic (exact) mass is 743 g/mol. The number of hydrogen-bond acceptors (Lipinski definition) is 8.